The number of likely N-dealkylation sites (N-methyl/N-ethyl adjacent to an activating group) is 1. The Morgan fingerprint density at radius 1 is 0.739 bits per heavy atom. The Labute approximate surface area is 137 Å². The number of hydrogen-bond acceptors (Lipinski definition) is 4. The molecule has 2 amide bonds. The summed E-state index contributed by atoms with van der Waals surface area (Å²) in [5, 5.41) is 0. The first-order chi connectivity index (χ1) is 11.0. The van der Waals surface area contributed by atoms with E-state index in [1.165, 1.54) is 0 Å². The number of amides is 2. The summed E-state index contributed by atoms with van der Waals surface area (Å²) in [6.07, 6.45) is 5.15. The highest BCUT2D eigenvalue weighted by molar-refractivity contribution is 5.93. The molecule has 0 aromatic carbocycles. The molecule has 0 aromatic heterocycles. The fourth-order valence-electron chi connectivity index (χ4n) is 4.35. The van der Waals surface area contributed by atoms with Gasteiger partial charge in [0.05, 0.1) is 12.1 Å². The normalized spacial score (nSPS) is 31.8. The molecule has 3 atom stereocenters. The van der Waals surface area contributed by atoms with Gasteiger partial charge in [0.2, 0.25) is 11.8 Å². The minimum atomic E-state index is -0.364. The van der Waals surface area contributed by atoms with Crippen LogP contribution in [0.25, 0.3) is 0 Å². The number of Topliss-reactive ketones (excluding diaryl/α,β-unsaturated/α-hetero) is 1. The van der Waals surface area contributed by atoms with Crippen LogP contribution >= 0.6 is 0 Å². The maximum absolute atomic E-state index is 12.9. The van der Waals surface area contributed by atoms with Gasteiger partial charge in [-0.1, -0.05) is 0 Å². The SMILES string of the molecule is CC(=O)C1CCCN1C(=O)C1CCCN1C(=O)C1CCCN1C. The highest BCUT2D eigenvalue weighted by atomic mass is 16.2. The predicted molar refractivity (Wildman–Crippen MR) is 85.8 cm³/mol. The summed E-state index contributed by atoms with van der Waals surface area (Å²) in [5.74, 6) is 0.135. The van der Waals surface area contributed by atoms with E-state index in [4.69, 9.17) is 0 Å². The van der Waals surface area contributed by atoms with Gasteiger partial charge in [0.1, 0.15) is 6.04 Å². The zero-order chi connectivity index (χ0) is 16.6. The van der Waals surface area contributed by atoms with Crippen LogP contribution < -0.4 is 0 Å². The third-order valence-electron chi connectivity index (χ3n) is 5.63. The van der Waals surface area contributed by atoms with E-state index in [9.17, 15) is 14.4 Å². The third-order valence-corrected chi connectivity index (χ3v) is 5.63. The zero-order valence-corrected chi connectivity index (χ0v) is 14.2. The van der Waals surface area contributed by atoms with Gasteiger partial charge in [-0.3, -0.25) is 19.3 Å². The first-order valence-corrected chi connectivity index (χ1v) is 8.82. The average molecular weight is 321 g/mol. The molecule has 3 saturated heterocycles. The van der Waals surface area contributed by atoms with E-state index in [2.05, 4.69) is 4.90 Å². The Balaban J connectivity index is 1.72. The van der Waals surface area contributed by atoms with E-state index >= 15 is 0 Å². The molecule has 23 heavy (non-hydrogen) atoms. The first-order valence-electron chi connectivity index (χ1n) is 8.82. The second-order valence-corrected chi connectivity index (χ2v) is 7.13. The van der Waals surface area contributed by atoms with Gasteiger partial charge in [0, 0.05) is 13.1 Å². The molecule has 0 bridgehead atoms. The van der Waals surface area contributed by atoms with Crippen LogP contribution in [0.4, 0.5) is 0 Å². The number of likely N-dealkylation sites (tertiary alicyclic amines) is 3. The second kappa shape index (κ2) is 6.59. The Morgan fingerprint density at radius 3 is 1.78 bits per heavy atom. The van der Waals surface area contributed by atoms with Gasteiger partial charge in [0.15, 0.2) is 5.78 Å². The van der Waals surface area contributed by atoms with Crippen LogP contribution in [0.15, 0.2) is 0 Å². The molecule has 0 N–H and O–H groups in total. The van der Waals surface area contributed by atoms with E-state index in [0.29, 0.717) is 13.1 Å². The first kappa shape index (κ1) is 16.4. The lowest BCUT2D eigenvalue weighted by Gasteiger charge is -2.33. The molecule has 3 aliphatic heterocycles. The number of hydrogen-bond donors (Lipinski definition) is 0. The van der Waals surface area contributed by atoms with Crippen molar-refractivity contribution in [1.82, 2.24) is 14.7 Å². The summed E-state index contributed by atoms with van der Waals surface area (Å²) in [5.41, 5.74) is 0. The number of ketones is 1. The molecule has 128 valence electrons. The van der Waals surface area contributed by atoms with Crippen molar-refractivity contribution >= 4 is 17.6 Å². The lowest BCUT2D eigenvalue weighted by atomic mass is 10.1. The standard InChI is InChI=1S/C17H27N3O3/c1-12(21)13-6-4-10-19(13)17(23)15-8-5-11-20(15)16(22)14-7-3-9-18(14)2/h13-15H,3-11H2,1-2H3. The van der Waals surface area contributed by atoms with Crippen molar-refractivity contribution in [3.05, 3.63) is 0 Å². The summed E-state index contributed by atoms with van der Waals surface area (Å²) in [7, 11) is 1.98. The average Bonchev–Trinajstić information content (AvgIpc) is 3.25. The predicted octanol–water partition coefficient (Wildman–Crippen LogP) is 0.652. The molecule has 3 fully saturated rings. The number of carbonyl (C=O) groups excluding carboxylic acids is 3. The smallest absolute Gasteiger partial charge is 0.245 e. The highest BCUT2D eigenvalue weighted by Crippen LogP contribution is 2.27. The molecule has 6 heteroatoms. The molecular formula is C17H27N3O3. The third kappa shape index (κ3) is 3.01. The minimum absolute atomic E-state index is 0.0193. The summed E-state index contributed by atoms with van der Waals surface area (Å²) in [6.45, 7) is 3.81. The van der Waals surface area contributed by atoms with Crippen LogP contribution in [0.2, 0.25) is 0 Å². The van der Waals surface area contributed by atoms with Gasteiger partial charge < -0.3 is 9.80 Å². The van der Waals surface area contributed by atoms with Crippen molar-refractivity contribution in [3.8, 4) is 0 Å². The minimum Gasteiger partial charge on any atom is -0.331 e. The Bertz CT molecular complexity index is 507. The van der Waals surface area contributed by atoms with Gasteiger partial charge in [0.25, 0.3) is 0 Å². The highest BCUT2D eigenvalue weighted by Gasteiger charge is 2.43. The van der Waals surface area contributed by atoms with Gasteiger partial charge in [-0.2, -0.15) is 0 Å². The summed E-state index contributed by atoms with van der Waals surface area (Å²) in [4.78, 5) is 43.1. The largest absolute Gasteiger partial charge is 0.331 e. The summed E-state index contributed by atoms with van der Waals surface area (Å²) < 4.78 is 0. The lowest BCUT2D eigenvalue weighted by molar-refractivity contribution is -0.147. The van der Waals surface area contributed by atoms with E-state index in [1.54, 1.807) is 16.7 Å². The van der Waals surface area contributed by atoms with Crippen molar-refractivity contribution in [2.75, 3.05) is 26.7 Å². The maximum Gasteiger partial charge on any atom is 0.245 e. The topological polar surface area (TPSA) is 60.9 Å². The molecule has 3 unspecified atom stereocenters. The molecule has 0 radical (unpaired) electrons. The van der Waals surface area contributed by atoms with Crippen LogP contribution in [0.5, 0.6) is 0 Å². The van der Waals surface area contributed by atoms with Gasteiger partial charge in [-0.15, -0.1) is 0 Å². The number of carbonyl (C=O) groups is 3. The van der Waals surface area contributed by atoms with Gasteiger partial charge >= 0.3 is 0 Å². The maximum atomic E-state index is 12.9. The quantitative estimate of drug-likeness (QED) is 0.766. The monoisotopic (exact) mass is 321 g/mol. The Hall–Kier alpha value is -1.43. The molecule has 3 rings (SSSR count). The van der Waals surface area contributed by atoms with Crippen LogP contribution in [0, 0.1) is 0 Å². The number of nitrogens with zero attached hydrogens (tertiary/aromatic N) is 3. The fraction of sp³-hybridized carbons (Fsp3) is 0.824. The zero-order valence-electron chi connectivity index (χ0n) is 14.2. The van der Waals surface area contributed by atoms with Crippen molar-refractivity contribution in [1.29, 1.82) is 0 Å². The van der Waals surface area contributed by atoms with Crippen LogP contribution in [-0.4, -0.2) is 77.1 Å². The Kier molecular flexibility index (Phi) is 4.71. The molecule has 6 nitrogen and oxygen atoms in total. The number of rotatable bonds is 3. The molecule has 0 saturated carbocycles. The molecule has 3 aliphatic rings. The van der Waals surface area contributed by atoms with Crippen LogP contribution in [0.3, 0.4) is 0 Å². The summed E-state index contributed by atoms with van der Waals surface area (Å²) in [6, 6.07) is -0.726. The summed E-state index contributed by atoms with van der Waals surface area (Å²) >= 11 is 0. The fourth-order valence-corrected chi connectivity index (χ4v) is 4.35. The molecular weight excluding hydrogens is 294 g/mol. The van der Waals surface area contributed by atoms with E-state index < -0.39 is 0 Å². The molecule has 0 aliphatic carbocycles. The van der Waals surface area contributed by atoms with E-state index in [1.807, 2.05) is 7.05 Å². The van der Waals surface area contributed by atoms with Crippen LogP contribution in [-0.2, 0) is 14.4 Å². The van der Waals surface area contributed by atoms with Crippen molar-refractivity contribution in [3.63, 3.8) is 0 Å². The molecule has 0 spiro atoms. The van der Waals surface area contributed by atoms with Crippen molar-refractivity contribution in [2.24, 2.45) is 0 Å². The lowest BCUT2D eigenvalue weighted by Crippen LogP contribution is -2.53. The van der Waals surface area contributed by atoms with Crippen molar-refractivity contribution < 1.29 is 14.4 Å². The van der Waals surface area contributed by atoms with Crippen LogP contribution in [0.1, 0.15) is 45.4 Å². The van der Waals surface area contributed by atoms with Crippen molar-refractivity contribution in [2.45, 2.75) is 63.6 Å². The second-order valence-electron chi connectivity index (χ2n) is 7.13. The van der Waals surface area contributed by atoms with Gasteiger partial charge in [-0.25, -0.2) is 0 Å². The molecule has 3 heterocycles. The van der Waals surface area contributed by atoms with E-state index in [0.717, 1.165) is 45.1 Å². The Morgan fingerprint density at radius 2 is 1.22 bits per heavy atom. The molecule has 0 aromatic rings. The van der Waals surface area contributed by atoms with Gasteiger partial charge in [-0.05, 0) is 59.0 Å². The van der Waals surface area contributed by atoms with E-state index in [-0.39, 0.29) is 35.7 Å².